The Bertz CT molecular complexity index is 921. The summed E-state index contributed by atoms with van der Waals surface area (Å²) in [4.78, 5) is 36.0. The molecule has 0 unspecified atom stereocenters. The fraction of sp³-hybridized carbons (Fsp3) is 0.286. The molecule has 0 heterocycles. The summed E-state index contributed by atoms with van der Waals surface area (Å²) in [7, 11) is 2.91. The number of methoxy groups -OCH3 is 1. The van der Waals surface area contributed by atoms with Crippen molar-refractivity contribution in [2.24, 2.45) is 0 Å². The molecule has 0 aromatic heterocycles. The van der Waals surface area contributed by atoms with Crippen molar-refractivity contribution >= 4 is 51.9 Å². The topological polar surface area (TPSA) is 105 Å². The van der Waals surface area contributed by atoms with Crippen LogP contribution >= 0.6 is 10.2 Å². The monoisotopic (exact) mass is 496 g/mol. The summed E-state index contributed by atoms with van der Waals surface area (Å²) in [5.41, 5.74) is 1.14. The standard InChI is InChI=1S/C21H24N2O5SSe/c1-13(24)22-18(20(26)27)21(2,3)29-30-17-15(11-8-12-16(17)28-4)19(25)23-14-9-6-5-7-10-14/h5-12,18H,1-4H3,(H,22,24)(H,23,25)(H,26,27)/t18-/m0/s1. The number of para-hydroxylation sites is 1. The Morgan fingerprint density at radius 1 is 1.10 bits per heavy atom. The molecule has 0 spiro atoms. The van der Waals surface area contributed by atoms with E-state index in [2.05, 4.69) is 10.6 Å². The van der Waals surface area contributed by atoms with Gasteiger partial charge in [-0.2, -0.15) is 0 Å². The van der Waals surface area contributed by atoms with Crippen molar-refractivity contribution in [3.8, 4) is 5.75 Å². The number of aliphatic carboxylic acids is 1. The first-order valence-corrected chi connectivity index (χ1v) is 12.7. The molecule has 2 amide bonds. The van der Waals surface area contributed by atoms with Crippen LogP contribution in [0, 0.1) is 0 Å². The van der Waals surface area contributed by atoms with Gasteiger partial charge in [0.1, 0.15) is 0 Å². The van der Waals surface area contributed by atoms with Gasteiger partial charge in [-0.1, -0.05) is 0 Å². The summed E-state index contributed by atoms with van der Waals surface area (Å²) >= 11 is -0.369. The van der Waals surface area contributed by atoms with Crippen molar-refractivity contribution in [3.63, 3.8) is 0 Å². The van der Waals surface area contributed by atoms with Crippen LogP contribution in [0.1, 0.15) is 31.1 Å². The number of carboxylic acids is 1. The van der Waals surface area contributed by atoms with Crippen molar-refractivity contribution in [2.75, 3.05) is 12.4 Å². The first kappa shape index (κ1) is 23.8. The third kappa shape index (κ3) is 6.26. The molecule has 0 saturated carbocycles. The minimum atomic E-state index is -1.11. The fourth-order valence-corrected chi connectivity index (χ4v) is 7.54. The van der Waals surface area contributed by atoms with E-state index in [1.54, 1.807) is 44.2 Å². The zero-order valence-corrected chi connectivity index (χ0v) is 19.6. The van der Waals surface area contributed by atoms with Gasteiger partial charge < -0.3 is 0 Å². The number of anilines is 1. The zero-order valence-electron chi connectivity index (χ0n) is 17.1. The summed E-state index contributed by atoms with van der Waals surface area (Å²) < 4.78 is 5.36. The van der Waals surface area contributed by atoms with Crippen molar-refractivity contribution in [1.82, 2.24) is 5.32 Å². The normalized spacial score (nSPS) is 12.0. The maximum absolute atomic E-state index is 12.9. The number of nitrogens with one attached hydrogen (secondary N) is 2. The van der Waals surface area contributed by atoms with Gasteiger partial charge in [-0.25, -0.2) is 0 Å². The molecule has 9 heteroatoms. The molecular weight excluding hydrogens is 471 g/mol. The number of amides is 2. The quantitative estimate of drug-likeness (QED) is 0.462. The van der Waals surface area contributed by atoms with Crippen LogP contribution in [0.25, 0.3) is 0 Å². The van der Waals surface area contributed by atoms with Gasteiger partial charge in [0.25, 0.3) is 0 Å². The van der Waals surface area contributed by atoms with E-state index in [9.17, 15) is 19.5 Å². The van der Waals surface area contributed by atoms with E-state index >= 15 is 0 Å². The Morgan fingerprint density at radius 2 is 1.77 bits per heavy atom. The second-order valence-electron chi connectivity index (χ2n) is 6.90. The molecular formula is C21H24N2O5SSe. The average Bonchev–Trinajstić information content (AvgIpc) is 2.70. The van der Waals surface area contributed by atoms with Crippen LogP contribution in [-0.4, -0.2) is 54.6 Å². The Labute approximate surface area is 185 Å². The molecule has 2 aromatic rings. The zero-order chi connectivity index (χ0) is 22.3. The molecule has 0 radical (unpaired) electrons. The third-order valence-electron chi connectivity index (χ3n) is 4.10. The molecule has 0 aliphatic heterocycles. The van der Waals surface area contributed by atoms with E-state index in [1.165, 1.54) is 24.2 Å². The van der Waals surface area contributed by atoms with Gasteiger partial charge in [-0.15, -0.1) is 0 Å². The van der Waals surface area contributed by atoms with Gasteiger partial charge in [-0.3, -0.25) is 0 Å². The van der Waals surface area contributed by atoms with Crippen molar-refractivity contribution in [3.05, 3.63) is 54.1 Å². The summed E-state index contributed by atoms with van der Waals surface area (Å²) in [6, 6.07) is 13.3. The molecule has 160 valence electrons. The average molecular weight is 495 g/mol. The van der Waals surface area contributed by atoms with Crippen LogP contribution in [0.4, 0.5) is 5.69 Å². The Kier molecular flexibility index (Phi) is 8.34. The van der Waals surface area contributed by atoms with E-state index < -0.39 is 22.7 Å². The predicted octanol–water partition coefficient (Wildman–Crippen LogP) is 2.29. The number of rotatable bonds is 9. The second kappa shape index (κ2) is 10.5. The maximum atomic E-state index is 12.9. The van der Waals surface area contributed by atoms with Gasteiger partial charge in [0.15, 0.2) is 0 Å². The van der Waals surface area contributed by atoms with E-state index in [-0.39, 0.29) is 19.7 Å². The van der Waals surface area contributed by atoms with E-state index in [0.29, 0.717) is 21.5 Å². The number of carboxylic acid groups (broad SMARTS) is 1. The van der Waals surface area contributed by atoms with Gasteiger partial charge in [0, 0.05) is 0 Å². The first-order valence-electron chi connectivity index (χ1n) is 9.04. The number of hydrogen-bond acceptors (Lipinski definition) is 5. The Morgan fingerprint density at radius 3 is 2.33 bits per heavy atom. The fourth-order valence-electron chi connectivity index (χ4n) is 2.59. The molecule has 0 aliphatic carbocycles. The van der Waals surface area contributed by atoms with Crippen molar-refractivity contribution in [1.29, 1.82) is 0 Å². The molecule has 1 atom stereocenters. The van der Waals surface area contributed by atoms with Crippen molar-refractivity contribution in [2.45, 2.75) is 31.6 Å². The number of carbonyl (C=O) groups excluding carboxylic acids is 2. The van der Waals surface area contributed by atoms with Gasteiger partial charge in [0.2, 0.25) is 0 Å². The summed E-state index contributed by atoms with van der Waals surface area (Å²) in [6.45, 7) is 4.80. The van der Waals surface area contributed by atoms with Crippen LogP contribution in [0.15, 0.2) is 48.5 Å². The van der Waals surface area contributed by atoms with Gasteiger partial charge in [-0.05, 0) is 0 Å². The molecule has 2 rings (SSSR count). The van der Waals surface area contributed by atoms with E-state index in [4.69, 9.17) is 4.74 Å². The third-order valence-corrected chi connectivity index (χ3v) is 10.2. The van der Waals surface area contributed by atoms with Crippen LogP contribution in [0.2, 0.25) is 0 Å². The predicted molar refractivity (Wildman–Crippen MR) is 120 cm³/mol. The molecule has 30 heavy (non-hydrogen) atoms. The first-order chi connectivity index (χ1) is 14.2. The molecule has 0 saturated heterocycles. The van der Waals surface area contributed by atoms with E-state index in [0.717, 1.165) is 0 Å². The van der Waals surface area contributed by atoms with Gasteiger partial charge >= 0.3 is 185 Å². The minimum absolute atomic E-state index is 0.271. The number of hydrogen-bond donors (Lipinski definition) is 3. The van der Waals surface area contributed by atoms with Crippen LogP contribution in [-0.2, 0) is 9.59 Å². The number of ether oxygens (including phenoxy) is 1. The molecule has 2 aromatic carbocycles. The van der Waals surface area contributed by atoms with Crippen LogP contribution in [0.3, 0.4) is 0 Å². The number of benzene rings is 2. The SMILES string of the molecule is COc1cccc(C(=O)Nc2ccccc2)c1[Se]SC(C)(C)[C@@H](NC(C)=O)C(=O)O. The molecule has 0 fully saturated rings. The van der Waals surface area contributed by atoms with Crippen molar-refractivity contribution < 1.29 is 24.2 Å². The molecule has 3 N–H and O–H groups in total. The summed E-state index contributed by atoms with van der Waals surface area (Å²) in [5, 5.41) is 14.9. The van der Waals surface area contributed by atoms with Crippen LogP contribution < -0.4 is 19.8 Å². The summed E-state index contributed by atoms with van der Waals surface area (Å²) in [5.74, 6) is -1.23. The number of carbonyl (C=O) groups is 3. The molecule has 0 bridgehead atoms. The second-order valence-corrected chi connectivity index (χ2v) is 11.2. The summed E-state index contributed by atoms with van der Waals surface area (Å²) in [6.07, 6.45) is 0. The Balaban J connectivity index is 2.28. The Hall–Kier alpha value is -2.48. The van der Waals surface area contributed by atoms with Gasteiger partial charge in [0.05, 0.1) is 0 Å². The molecule has 7 nitrogen and oxygen atoms in total. The van der Waals surface area contributed by atoms with E-state index in [1.807, 2.05) is 18.2 Å². The van der Waals surface area contributed by atoms with Crippen LogP contribution in [0.5, 0.6) is 5.75 Å². The molecule has 0 aliphatic rings.